The van der Waals surface area contributed by atoms with Gasteiger partial charge in [-0.2, -0.15) is 16.7 Å². The van der Waals surface area contributed by atoms with Crippen LogP contribution in [0.3, 0.4) is 0 Å². The Bertz CT molecular complexity index is 458. The molecule has 1 saturated heterocycles. The molecule has 4 atom stereocenters. The van der Waals surface area contributed by atoms with E-state index in [2.05, 4.69) is 44.8 Å². The molecular formula is C15H27N3OS2. The maximum Gasteiger partial charge on any atom is 0.231 e. The van der Waals surface area contributed by atoms with Crippen LogP contribution in [0.15, 0.2) is 4.52 Å². The first kappa shape index (κ1) is 17.2. The Morgan fingerprint density at radius 3 is 2.62 bits per heavy atom. The van der Waals surface area contributed by atoms with Gasteiger partial charge in [0, 0.05) is 22.8 Å². The number of rotatable bonds is 4. The molecule has 0 amide bonds. The predicted molar refractivity (Wildman–Crippen MR) is 91.9 cm³/mol. The van der Waals surface area contributed by atoms with Crippen LogP contribution in [0.25, 0.3) is 0 Å². The lowest BCUT2D eigenvalue weighted by Gasteiger charge is -2.29. The monoisotopic (exact) mass is 329 g/mol. The average molecular weight is 330 g/mol. The van der Waals surface area contributed by atoms with E-state index in [0.717, 1.165) is 18.0 Å². The fraction of sp³-hybridized carbons (Fsp3) is 0.867. The van der Waals surface area contributed by atoms with Crippen LogP contribution in [-0.4, -0.2) is 32.9 Å². The minimum absolute atomic E-state index is 0.156. The summed E-state index contributed by atoms with van der Waals surface area (Å²) >= 11 is 3.95. The Hall–Kier alpha value is -0.200. The predicted octanol–water partition coefficient (Wildman–Crippen LogP) is 3.85. The van der Waals surface area contributed by atoms with Gasteiger partial charge in [-0.1, -0.05) is 39.8 Å². The van der Waals surface area contributed by atoms with E-state index in [0.29, 0.717) is 28.2 Å². The summed E-state index contributed by atoms with van der Waals surface area (Å²) in [6.45, 7) is 11.8. The molecule has 0 aliphatic carbocycles. The quantitative estimate of drug-likeness (QED) is 0.905. The van der Waals surface area contributed by atoms with Crippen molar-refractivity contribution in [3.8, 4) is 0 Å². The zero-order chi connectivity index (χ0) is 15.6. The zero-order valence-corrected chi connectivity index (χ0v) is 15.3. The summed E-state index contributed by atoms with van der Waals surface area (Å²) in [6, 6.07) is 0. The number of hydrogen-bond donors (Lipinski definition) is 1. The van der Waals surface area contributed by atoms with E-state index in [1.807, 2.05) is 23.5 Å². The molecule has 2 heterocycles. The molecule has 2 N–H and O–H groups in total. The van der Waals surface area contributed by atoms with Crippen LogP contribution >= 0.6 is 23.5 Å². The topological polar surface area (TPSA) is 64.9 Å². The summed E-state index contributed by atoms with van der Waals surface area (Å²) in [4.78, 5) is 4.66. The van der Waals surface area contributed by atoms with E-state index in [1.165, 1.54) is 0 Å². The van der Waals surface area contributed by atoms with E-state index < -0.39 is 0 Å². The molecule has 0 bridgehead atoms. The average Bonchev–Trinajstić information content (AvgIpc) is 2.87. The van der Waals surface area contributed by atoms with Gasteiger partial charge in [0.25, 0.3) is 0 Å². The second-order valence-electron chi connectivity index (χ2n) is 7.06. The Morgan fingerprint density at radius 2 is 2.05 bits per heavy atom. The number of nitrogens with two attached hydrogens (primary N) is 1. The fourth-order valence-corrected chi connectivity index (χ4v) is 5.31. The summed E-state index contributed by atoms with van der Waals surface area (Å²) in [5.74, 6) is 2.76. The molecule has 0 radical (unpaired) electrons. The molecule has 1 aliphatic heterocycles. The molecule has 1 aromatic rings. The van der Waals surface area contributed by atoms with Gasteiger partial charge in [-0.3, -0.25) is 0 Å². The molecule has 4 unspecified atom stereocenters. The standard InChI is InChI=1S/C15H27N3OS2/c1-9-10(2)21-12(8-20-9)13-17-14(19-18-13)11(7-16)6-15(3,4)5/h9-12H,6-8,16H2,1-5H3. The summed E-state index contributed by atoms with van der Waals surface area (Å²) < 4.78 is 5.52. The van der Waals surface area contributed by atoms with Gasteiger partial charge < -0.3 is 10.3 Å². The Kier molecular flexibility index (Phi) is 5.65. The van der Waals surface area contributed by atoms with E-state index in [9.17, 15) is 0 Å². The van der Waals surface area contributed by atoms with Crippen molar-refractivity contribution in [2.24, 2.45) is 11.1 Å². The summed E-state index contributed by atoms with van der Waals surface area (Å²) in [7, 11) is 0. The summed E-state index contributed by atoms with van der Waals surface area (Å²) in [6.07, 6.45) is 0.963. The molecule has 1 fully saturated rings. The van der Waals surface area contributed by atoms with Crippen molar-refractivity contribution in [1.82, 2.24) is 10.1 Å². The highest BCUT2D eigenvalue weighted by Crippen LogP contribution is 2.43. The van der Waals surface area contributed by atoms with Crippen LogP contribution in [0, 0.1) is 5.41 Å². The Labute approximate surface area is 136 Å². The highest BCUT2D eigenvalue weighted by molar-refractivity contribution is 8.07. The number of aromatic nitrogens is 2. The van der Waals surface area contributed by atoms with Crippen molar-refractivity contribution in [1.29, 1.82) is 0 Å². The largest absolute Gasteiger partial charge is 0.339 e. The van der Waals surface area contributed by atoms with Gasteiger partial charge in [-0.05, 0) is 11.8 Å². The molecule has 2 rings (SSSR count). The summed E-state index contributed by atoms with van der Waals surface area (Å²) in [5, 5.41) is 5.87. The summed E-state index contributed by atoms with van der Waals surface area (Å²) in [5.41, 5.74) is 6.11. The van der Waals surface area contributed by atoms with E-state index in [1.54, 1.807) is 0 Å². The highest BCUT2D eigenvalue weighted by atomic mass is 32.2. The molecule has 0 aromatic carbocycles. The van der Waals surface area contributed by atoms with E-state index >= 15 is 0 Å². The molecular weight excluding hydrogens is 302 g/mol. The van der Waals surface area contributed by atoms with Gasteiger partial charge in [0.1, 0.15) is 0 Å². The normalized spacial score (nSPS) is 28.6. The first-order chi connectivity index (χ1) is 9.80. The van der Waals surface area contributed by atoms with Crippen LogP contribution < -0.4 is 5.73 Å². The first-order valence-corrected chi connectivity index (χ1v) is 9.60. The molecule has 120 valence electrons. The maximum atomic E-state index is 5.90. The molecule has 1 aromatic heterocycles. The van der Waals surface area contributed by atoms with E-state index in [4.69, 9.17) is 10.3 Å². The second-order valence-corrected chi connectivity index (χ2v) is 10.1. The van der Waals surface area contributed by atoms with Crippen LogP contribution in [0.2, 0.25) is 0 Å². The van der Waals surface area contributed by atoms with Gasteiger partial charge in [0.15, 0.2) is 5.82 Å². The van der Waals surface area contributed by atoms with Crippen LogP contribution in [0.4, 0.5) is 0 Å². The van der Waals surface area contributed by atoms with Crippen LogP contribution in [0.5, 0.6) is 0 Å². The molecule has 6 heteroatoms. The third-order valence-electron chi connectivity index (χ3n) is 3.79. The number of nitrogens with zero attached hydrogens (tertiary/aromatic N) is 2. The van der Waals surface area contributed by atoms with Crippen molar-refractivity contribution in [2.75, 3.05) is 12.3 Å². The molecule has 21 heavy (non-hydrogen) atoms. The van der Waals surface area contributed by atoms with Crippen molar-refractivity contribution in [3.05, 3.63) is 11.7 Å². The van der Waals surface area contributed by atoms with Crippen molar-refractivity contribution in [2.45, 2.75) is 62.7 Å². The highest BCUT2D eigenvalue weighted by Gasteiger charge is 2.31. The third-order valence-corrected chi connectivity index (χ3v) is 7.18. The lowest BCUT2D eigenvalue weighted by molar-refractivity contribution is 0.286. The molecule has 0 spiro atoms. The minimum atomic E-state index is 0.156. The van der Waals surface area contributed by atoms with Gasteiger partial charge in [0.05, 0.1) is 11.2 Å². The van der Waals surface area contributed by atoms with E-state index in [-0.39, 0.29) is 11.3 Å². The van der Waals surface area contributed by atoms with Crippen molar-refractivity contribution in [3.63, 3.8) is 0 Å². The van der Waals surface area contributed by atoms with Crippen LogP contribution in [0.1, 0.15) is 63.9 Å². The lowest BCUT2D eigenvalue weighted by atomic mass is 9.84. The van der Waals surface area contributed by atoms with Gasteiger partial charge in [-0.15, -0.1) is 11.8 Å². The van der Waals surface area contributed by atoms with Crippen molar-refractivity contribution < 1.29 is 4.52 Å². The number of thioether (sulfide) groups is 2. The van der Waals surface area contributed by atoms with Gasteiger partial charge in [0.2, 0.25) is 5.89 Å². The van der Waals surface area contributed by atoms with Crippen LogP contribution in [-0.2, 0) is 0 Å². The van der Waals surface area contributed by atoms with Gasteiger partial charge in [-0.25, -0.2) is 0 Å². The zero-order valence-electron chi connectivity index (χ0n) is 13.6. The fourth-order valence-electron chi connectivity index (χ4n) is 2.47. The van der Waals surface area contributed by atoms with Gasteiger partial charge >= 0.3 is 0 Å². The molecule has 1 aliphatic rings. The third kappa shape index (κ3) is 4.63. The smallest absolute Gasteiger partial charge is 0.231 e. The maximum absolute atomic E-state index is 5.90. The lowest BCUT2D eigenvalue weighted by Crippen LogP contribution is -2.22. The Balaban J connectivity index is 2.06. The minimum Gasteiger partial charge on any atom is -0.339 e. The number of hydrogen-bond acceptors (Lipinski definition) is 6. The van der Waals surface area contributed by atoms with Crippen molar-refractivity contribution >= 4 is 23.5 Å². The second kappa shape index (κ2) is 6.92. The SMILES string of the molecule is CC1SCC(c2noc(C(CN)CC(C)(C)C)n2)SC1C. The molecule has 4 nitrogen and oxygen atoms in total. The first-order valence-electron chi connectivity index (χ1n) is 7.61. The molecule has 0 saturated carbocycles. The Morgan fingerprint density at radius 1 is 1.33 bits per heavy atom.